The molecule has 0 amide bonds. The van der Waals surface area contributed by atoms with Crippen LogP contribution in [0.25, 0.3) is 11.0 Å². The summed E-state index contributed by atoms with van der Waals surface area (Å²) in [6.07, 6.45) is 6.88. The number of fused-ring (bicyclic) bond motifs is 2. The maximum atomic E-state index is 12.4. The molecule has 4 heterocycles. The molecule has 0 saturated carbocycles. The molecule has 3 aromatic rings. The molecule has 1 aliphatic carbocycles. The normalized spacial score (nSPS) is 17.4. The summed E-state index contributed by atoms with van der Waals surface area (Å²) < 4.78 is 3.87. The van der Waals surface area contributed by atoms with E-state index in [1.165, 1.54) is 5.69 Å². The molecule has 2 aliphatic rings. The fourth-order valence-electron chi connectivity index (χ4n) is 4.65. The fraction of sp³-hybridized carbons (Fsp3) is 0.524. The molecule has 0 spiro atoms. The summed E-state index contributed by atoms with van der Waals surface area (Å²) in [6, 6.07) is 3.92. The molecule has 0 aromatic carbocycles. The van der Waals surface area contributed by atoms with Crippen LogP contribution >= 0.6 is 0 Å². The van der Waals surface area contributed by atoms with Crippen LogP contribution in [0.5, 0.6) is 0 Å². The Kier molecular flexibility index (Phi) is 4.18. The Morgan fingerprint density at radius 1 is 1.14 bits per heavy atom. The SMILES string of the molecule is Cc1cc2ncnc(N3CCC(Cn4nc5c(cc4=O)CCC5)CC3)c2n1C. The van der Waals surface area contributed by atoms with Crippen LogP contribution in [0.3, 0.4) is 0 Å². The summed E-state index contributed by atoms with van der Waals surface area (Å²) in [4.78, 5) is 23.8. The first-order valence-electron chi connectivity index (χ1n) is 10.2. The predicted molar refractivity (Wildman–Crippen MR) is 109 cm³/mol. The Labute approximate surface area is 164 Å². The van der Waals surface area contributed by atoms with Crippen molar-refractivity contribution in [2.75, 3.05) is 18.0 Å². The zero-order valence-electron chi connectivity index (χ0n) is 16.6. The minimum Gasteiger partial charge on any atom is -0.355 e. The van der Waals surface area contributed by atoms with E-state index in [0.29, 0.717) is 5.92 Å². The second-order valence-corrected chi connectivity index (χ2v) is 8.20. The average molecular weight is 378 g/mol. The van der Waals surface area contributed by atoms with Gasteiger partial charge in [0.15, 0.2) is 5.82 Å². The van der Waals surface area contributed by atoms with Gasteiger partial charge in [0.1, 0.15) is 11.8 Å². The predicted octanol–water partition coefficient (Wildman–Crippen LogP) is 2.24. The Morgan fingerprint density at radius 3 is 2.79 bits per heavy atom. The second kappa shape index (κ2) is 6.72. The van der Waals surface area contributed by atoms with Crippen molar-refractivity contribution in [2.24, 2.45) is 13.0 Å². The number of hydrogen-bond donors (Lipinski definition) is 0. The van der Waals surface area contributed by atoms with Gasteiger partial charge in [-0.05, 0) is 56.6 Å². The fourth-order valence-corrected chi connectivity index (χ4v) is 4.65. The quantitative estimate of drug-likeness (QED) is 0.699. The molecule has 1 saturated heterocycles. The van der Waals surface area contributed by atoms with E-state index in [0.717, 1.165) is 79.8 Å². The largest absolute Gasteiger partial charge is 0.355 e. The molecule has 1 fully saturated rings. The van der Waals surface area contributed by atoms with Gasteiger partial charge in [-0.3, -0.25) is 4.79 Å². The molecule has 0 unspecified atom stereocenters. The third kappa shape index (κ3) is 2.89. The van der Waals surface area contributed by atoms with E-state index in [2.05, 4.69) is 44.6 Å². The van der Waals surface area contributed by atoms with E-state index in [9.17, 15) is 4.79 Å². The molecule has 146 valence electrons. The average Bonchev–Trinajstić information content (AvgIpc) is 3.26. The molecule has 7 heteroatoms. The molecule has 7 nitrogen and oxygen atoms in total. The first-order chi connectivity index (χ1) is 13.6. The Hall–Kier alpha value is -2.70. The summed E-state index contributed by atoms with van der Waals surface area (Å²) in [5, 5.41) is 4.65. The van der Waals surface area contributed by atoms with E-state index in [1.807, 2.05) is 0 Å². The van der Waals surface area contributed by atoms with Crippen LogP contribution < -0.4 is 10.5 Å². The van der Waals surface area contributed by atoms with Crippen LogP contribution in [0, 0.1) is 12.8 Å². The Balaban J connectivity index is 1.32. The van der Waals surface area contributed by atoms with Crippen molar-refractivity contribution in [1.29, 1.82) is 0 Å². The minimum absolute atomic E-state index is 0.0554. The van der Waals surface area contributed by atoms with E-state index in [-0.39, 0.29) is 5.56 Å². The number of rotatable bonds is 3. The number of hydrogen-bond acceptors (Lipinski definition) is 5. The van der Waals surface area contributed by atoms with Crippen LogP contribution in [0.15, 0.2) is 23.3 Å². The van der Waals surface area contributed by atoms with Gasteiger partial charge >= 0.3 is 0 Å². The highest BCUT2D eigenvalue weighted by Gasteiger charge is 2.24. The standard InChI is InChI=1S/C21H26N6O/c1-14-10-18-20(25(14)2)21(23-13-22-18)26-8-6-15(7-9-26)12-27-19(28)11-16-4-3-5-17(16)24-27/h10-11,13,15H,3-9,12H2,1-2H3. The highest BCUT2D eigenvalue weighted by molar-refractivity contribution is 5.87. The highest BCUT2D eigenvalue weighted by Crippen LogP contribution is 2.29. The van der Waals surface area contributed by atoms with Crippen LogP contribution in [0.1, 0.15) is 36.2 Å². The van der Waals surface area contributed by atoms with Crippen molar-refractivity contribution in [2.45, 2.75) is 45.6 Å². The number of piperidine rings is 1. The van der Waals surface area contributed by atoms with Gasteiger partial charge in [0, 0.05) is 38.4 Å². The Bertz CT molecular complexity index is 1090. The topological polar surface area (TPSA) is 68.8 Å². The summed E-state index contributed by atoms with van der Waals surface area (Å²) in [7, 11) is 2.07. The first kappa shape index (κ1) is 17.4. The molecule has 0 radical (unpaired) electrons. The van der Waals surface area contributed by atoms with Gasteiger partial charge in [0.25, 0.3) is 5.56 Å². The van der Waals surface area contributed by atoms with Crippen molar-refractivity contribution in [3.05, 3.63) is 45.8 Å². The lowest BCUT2D eigenvalue weighted by Crippen LogP contribution is -2.37. The molecule has 3 aromatic heterocycles. The smallest absolute Gasteiger partial charge is 0.267 e. The number of nitrogens with zero attached hydrogens (tertiary/aromatic N) is 6. The maximum absolute atomic E-state index is 12.4. The van der Waals surface area contributed by atoms with E-state index in [1.54, 1.807) is 17.1 Å². The summed E-state index contributed by atoms with van der Waals surface area (Å²) in [6.45, 7) is 4.71. The summed E-state index contributed by atoms with van der Waals surface area (Å²) in [5.74, 6) is 1.50. The van der Waals surface area contributed by atoms with Gasteiger partial charge in [-0.1, -0.05) is 0 Å². The van der Waals surface area contributed by atoms with Gasteiger partial charge in [-0.15, -0.1) is 0 Å². The van der Waals surface area contributed by atoms with Crippen molar-refractivity contribution in [3.8, 4) is 0 Å². The van der Waals surface area contributed by atoms with Crippen LogP contribution in [-0.4, -0.2) is 37.4 Å². The minimum atomic E-state index is 0.0554. The van der Waals surface area contributed by atoms with Gasteiger partial charge < -0.3 is 9.47 Å². The molecule has 28 heavy (non-hydrogen) atoms. The van der Waals surface area contributed by atoms with Crippen molar-refractivity contribution in [3.63, 3.8) is 0 Å². The second-order valence-electron chi connectivity index (χ2n) is 8.20. The monoisotopic (exact) mass is 378 g/mol. The lowest BCUT2D eigenvalue weighted by atomic mass is 9.96. The third-order valence-electron chi connectivity index (χ3n) is 6.41. The zero-order chi connectivity index (χ0) is 19.3. The molecule has 0 N–H and O–H groups in total. The summed E-state index contributed by atoms with van der Waals surface area (Å²) >= 11 is 0. The number of anilines is 1. The van der Waals surface area contributed by atoms with Gasteiger partial charge in [0.2, 0.25) is 0 Å². The number of aryl methyl sites for hydroxylation is 4. The molecule has 0 bridgehead atoms. The highest BCUT2D eigenvalue weighted by atomic mass is 16.1. The molecular weight excluding hydrogens is 352 g/mol. The maximum Gasteiger partial charge on any atom is 0.267 e. The van der Waals surface area contributed by atoms with Gasteiger partial charge in [0.05, 0.1) is 11.2 Å². The van der Waals surface area contributed by atoms with Crippen LogP contribution in [-0.2, 0) is 26.4 Å². The summed E-state index contributed by atoms with van der Waals surface area (Å²) in [5.41, 5.74) is 5.63. The Morgan fingerprint density at radius 2 is 1.96 bits per heavy atom. The van der Waals surface area contributed by atoms with Crippen molar-refractivity contribution in [1.82, 2.24) is 24.3 Å². The van der Waals surface area contributed by atoms with E-state index >= 15 is 0 Å². The van der Waals surface area contributed by atoms with E-state index < -0.39 is 0 Å². The molecule has 0 atom stereocenters. The third-order valence-corrected chi connectivity index (χ3v) is 6.41. The molecule has 5 rings (SSSR count). The van der Waals surface area contributed by atoms with E-state index in [4.69, 9.17) is 0 Å². The van der Waals surface area contributed by atoms with Crippen LogP contribution in [0.4, 0.5) is 5.82 Å². The lowest BCUT2D eigenvalue weighted by molar-refractivity contribution is 0.333. The van der Waals surface area contributed by atoms with Gasteiger partial charge in [-0.25, -0.2) is 14.6 Å². The zero-order valence-corrected chi connectivity index (χ0v) is 16.6. The van der Waals surface area contributed by atoms with Crippen LogP contribution in [0.2, 0.25) is 0 Å². The molecule has 1 aliphatic heterocycles. The van der Waals surface area contributed by atoms with Crippen molar-refractivity contribution < 1.29 is 0 Å². The molecular formula is C21H26N6O. The van der Waals surface area contributed by atoms with Crippen molar-refractivity contribution >= 4 is 16.9 Å². The first-order valence-corrected chi connectivity index (χ1v) is 10.2. The number of aromatic nitrogens is 5. The lowest BCUT2D eigenvalue weighted by Gasteiger charge is -2.33. The van der Waals surface area contributed by atoms with Gasteiger partial charge in [-0.2, -0.15) is 5.10 Å².